The van der Waals surface area contributed by atoms with Crippen LogP contribution in [0.4, 0.5) is 13.2 Å². The van der Waals surface area contributed by atoms with Crippen molar-refractivity contribution in [1.29, 1.82) is 0 Å². The molecule has 2 aromatic heterocycles. The van der Waals surface area contributed by atoms with Crippen molar-refractivity contribution in [1.82, 2.24) is 19.8 Å². The van der Waals surface area contributed by atoms with Gasteiger partial charge in [-0.25, -0.2) is 0 Å². The van der Waals surface area contributed by atoms with Crippen molar-refractivity contribution in [3.63, 3.8) is 0 Å². The maximum atomic E-state index is 12.6. The Morgan fingerprint density at radius 1 is 1.29 bits per heavy atom. The van der Waals surface area contributed by atoms with E-state index in [0.29, 0.717) is 5.01 Å². The first-order valence-electron chi connectivity index (χ1n) is 4.99. The Hall–Kier alpha value is -1.22. The van der Waals surface area contributed by atoms with Gasteiger partial charge in [0.2, 0.25) is 4.96 Å². The first-order chi connectivity index (χ1) is 7.90. The van der Waals surface area contributed by atoms with Crippen molar-refractivity contribution >= 4 is 16.3 Å². The molecule has 0 amide bonds. The van der Waals surface area contributed by atoms with Crippen molar-refractivity contribution in [2.75, 3.05) is 0 Å². The zero-order valence-electron chi connectivity index (χ0n) is 8.53. The first-order valence-corrected chi connectivity index (χ1v) is 5.81. The van der Waals surface area contributed by atoms with E-state index in [1.807, 2.05) is 0 Å². The van der Waals surface area contributed by atoms with Gasteiger partial charge in [-0.1, -0.05) is 11.3 Å². The molecule has 0 unspecified atom stereocenters. The summed E-state index contributed by atoms with van der Waals surface area (Å²) in [4.78, 5) is 0.129. The number of alkyl halides is 3. The lowest BCUT2D eigenvalue weighted by Crippen LogP contribution is -2.43. The van der Waals surface area contributed by atoms with Gasteiger partial charge in [0, 0.05) is 0 Å². The first kappa shape index (κ1) is 10.9. The van der Waals surface area contributed by atoms with Crippen molar-refractivity contribution in [3.8, 4) is 0 Å². The van der Waals surface area contributed by atoms with Crippen LogP contribution in [-0.4, -0.2) is 19.8 Å². The van der Waals surface area contributed by atoms with Crippen molar-refractivity contribution < 1.29 is 13.2 Å². The Balaban J connectivity index is 2.11. The fourth-order valence-corrected chi connectivity index (χ4v) is 2.76. The van der Waals surface area contributed by atoms with Crippen LogP contribution in [0.3, 0.4) is 0 Å². The predicted molar refractivity (Wildman–Crippen MR) is 53.4 cm³/mol. The Kier molecular flexibility index (Phi) is 2.03. The lowest BCUT2D eigenvalue weighted by atomic mass is 9.78. The summed E-state index contributed by atoms with van der Waals surface area (Å²) in [6, 6.07) is 0. The predicted octanol–water partition coefficient (Wildman–Crippen LogP) is 1.54. The topological polar surface area (TPSA) is 69.1 Å². The Morgan fingerprint density at radius 3 is 2.53 bits per heavy atom. The average Bonchev–Trinajstić information content (AvgIpc) is 2.69. The summed E-state index contributed by atoms with van der Waals surface area (Å²) in [5.74, 6) is -1.10. The number of nitrogens with two attached hydrogens (primary N) is 1. The lowest BCUT2D eigenvalue weighted by molar-refractivity contribution is -0.146. The molecule has 1 fully saturated rings. The van der Waals surface area contributed by atoms with Gasteiger partial charge in [0.1, 0.15) is 5.01 Å². The number of halogens is 3. The van der Waals surface area contributed by atoms with Crippen LogP contribution >= 0.6 is 11.3 Å². The number of nitrogens with zero attached hydrogens (tertiary/aromatic N) is 4. The average molecular weight is 263 g/mol. The molecule has 92 valence electrons. The highest BCUT2D eigenvalue weighted by atomic mass is 32.1. The molecule has 0 aromatic carbocycles. The molecule has 1 aliphatic carbocycles. The van der Waals surface area contributed by atoms with Crippen LogP contribution in [0.15, 0.2) is 0 Å². The fourth-order valence-electron chi connectivity index (χ4n) is 1.77. The van der Waals surface area contributed by atoms with Gasteiger partial charge in [-0.05, 0) is 19.3 Å². The molecule has 0 spiro atoms. The second-order valence-corrected chi connectivity index (χ2v) is 5.09. The van der Waals surface area contributed by atoms with E-state index >= 15 is 0 Å². The third-order valence-corrected chi connectivity index (χ3v) is 4.03. The quantitative estimate of drug-likeness (QED) is 0.847. The maximum Gasteiger partial charge on any atom is 0.453 e. The Morgan fingerprint density at radius 2 is 2.00 bits per heavy atom. The van der Waals surface area contributed by atoms with Crippen LogP contribution in [0.1, 0.15) is 30.1 Å². The van der Waals surface area contributed by atoms with Gasteiger partial charge < -0.3 is 5.73 Å². The molecule has 0 radical (unpaired) electrons. The van der Waals surface area contributed by atoms with E-state index in [0.717, 1.165) is 35.1 Å². The summed E-state index contributed by atoms with van der Waals surface area (Å²) in [5.41, 5.74) is 5.44. The minimum atomic E-state index is -4.55. The number of aromatic nitrogens is 4. The van der Waals surface area contributed by atoms with E-state index in [2.05, 4.69) is 15.3 Å². The second-order valence-electron chi connectivity index (χ2n) is 4.13. The minimum absolute atomic E-state index is 0.129. The fraction of sp³-hybridized carbons (Fsp3) is 0.625. The molecule has 1 aliphatic rings. The molecule has 17 heavy (non-hydrogen) atoms. The summed E-state index contributed by atoms with van der Waals surface area (Å²) >= 11 is 1.07. The highest BCUT2D eigenvalue weighted by molar-refractivity contribution is 7.16. The van der Waals surface area contributed by atoms with Crippen LogP contribution in [0.25, 0.3) is 4.96 Å². The Labute approximate surface area is 97.4 Å². The largest absolute Gasteiger partial charge is 0.453 e. The zero-order valence-corrected chi connectivity index (χ0v) is 9.35. The molecule has 2 aromatic rings. The van der Waals surface area contributed by atoms with Crippen LogP contribution in [0, 0.1) is 0 Å². The van der Waals surface area contributed by atoms with E-state index < -0.39 is 17.5 Å². The number of fused-ring (bicyclic) bond motifs is 1. The summed E-state index contributed by atoms with van der Waals surface area (Å²) in [5, 5.41) is 11.0. The highest BCUT2D eigenvalue weighted by Crippen LogP contribution is 2.41. The molecule has 0 saturated heterocycles. The third-order valence-electron chi connectivity index (χ3n) is 2.92. The van der Waals surface area contributed by atoms with E-state index in [1.54, 1.807) is 0 Å². The number of hydrogen-bond donors (Lipinski definition) is 1. The molecular weight excluding hydrogens is 255 g/mol. The summed E-state index contributed by atoms with van der Waals surface area (Å²) in [7, 11) is 0. The van der Waals surface area contributed by atoms with Crippen molar-refractivity contribution in [2.24, 2.45) is 5.73 Å². The van der Waals surface area contributed by atoms with E-state index in [-0.39, 0.29) is 4.96 Å². The smallest absolute Gasteiger partial charge is 0.319 e. The van der Waals surface area contributed by atoms with Gasteiger partial charge in [0.05, 0.1) is 5.54 Å². The molecule has 0 aliphatic heterocycles. The summed E-state index contributed by atoms with van der Waals surface area (Å²) in [6.07, 6.45) is -2.08. The zero-order chi connectivity index (χ0) is 12.3. The van der Waals surface area contributed by atoms with E-state index in [1.165, 1.54) is 0 Å². The standard InChI is InChI=1S/C8H8F3N5S/c9-8(10,11)4-13-14-6-16(4)15-5(17-6)7(12)2-1-3-7/h1-3,12H2. The van der Waals surface area contributed by atoms with Gasteiger partial charge >= 0.3 is 6.18 Å². The van der Waals surface area contributed by atoms with Crippen LogP contribution in [0.5, 0.6) is 0 Å². The second kappa shape index (κ2) is 3.16. The van der Waals surface area contributed by atoms with Crippen molar-refractivity contribution in [3.05, 3.63) is 10.8 Å². The van der Waals surface area contributed by atoms with Crippen LogP contribution in [0.2, 0.25) is 0 Å². The monoisotopic (exact) mass is 263 g/mol. The molecular formula is C8H8F3N5S. The third kappa shape index (κ3) is 1.53. The SMILES string of the molecule is NC1(c2nn3c(C(F)(F)F)nnc3s2)CCC1. The normalized spacial score (nSPS) is 19.5. The van der Waals surface area contributed by atoms with Gasteiger partial charge in [0.25, 0.3) is 5.82 Å². The molecule has 2 heterocycles. The van der Waals surface area contributed by atoms with Crippen molar-refractivity contribution in [2.45, 2.75) is 31.0 Å². The van der Waals surface area contributed by atoms with Crippen LogP contribution < -0.4 is 5.73 Å². The number of rotatable bonds is 1. The van der Waals surface area contributed by atoms with Gasteiger partial charge in [-0.3, -0.25) is 0 Å². The van der Waals surface area contributed by atoms with Gasteiger partial charge in [0.15, 0.2) is 0 Å². The number of hydrogen-bond acceptors (Lipinski definition) is 5. The minimum Gasteiger partial charge on any atom is -0.319 e. The Bertz CT molecular complexity index is 567. The summed E-state index contributed by atoms with van der Waals surface area (Å²) < 4.78 is 38.4. The molecule has 3 rings (SSSR count). The van der Waals surface area contributed by atoms with Gasteiger partial charge in [-0.15, -0.1) is 10.2 Å². The molecule has 5 nitrogen and oxygen atoms in total. The molecule has 0 atom stereocenters. The molecule has 1 saturated carbocycles. The molecule has 9 heteroatoms. The van der Waals surface area contributed by atoms with E-state index in [9.17, 15) is 13.2 Å². The maximum absolute atomic E-state index is 12.6. The molecule has 0 bridgehead atoms. The highest BCUT2D eigenvalue weighted by Gasteiger charge is 2.41. The molecule has 2 N–H and O–H groups in total. The summed E-state index contributed by atoms with van der Waals surface area (Å²) in [6.45, 7) is 0. The van der Waals surface area contributed by atoms with E-state index in [4.69, 9.17) is 5.73 Å². The van der Waals surface area contributed by atoms with Gasteiger partial charge in [-0.2, -0.15) is 22.8 Å². The van der Waals surface area contributed by atoms with Crippen LogP contribution in [-0.2, 0) is 11.7 Å². The lowest BCUT2D eigenvalue weighted by Gasteiger charge is -2.35.